The SMILES string of the molecule is CCNC(=O)Nc1nc2cc(-c3cnc(C(C)(C)C4OCCN[C@H]4C(=O)O)nc3)cc(-c3ccccn3)c2s1. The van der Waals surface area contributed by atoms with Crippen LogP contribution in [0.25, 0.3) is 32.6 Å². The molecule has 202 valence electrons. The highest BCUT2D eigenvalue weighted by atomic mass is 32.1. The number of pyridine rings is 1. The van der Waals surface area contributed by atoms with Crippen LogP contribution in [-0.4, -0.2) is 68.9 Å². The van der Waals surface area contributed by atoms with Gasteiger partial charge in [-0.05, 0) is 36.8 Å². The first-order valence-electron chi connectivity index (χ1n) is 12.6. The molecule has 2 atom stereocenters. The van der Waals surface area contributed by atoms with Crippen molar-refractivity contribution in [3.05, 3.63) is 54.7 Å². The maximum Gasteiger partial charge on any atom is 0.323 e. The van der Waals surface area contributed by atoms with E-state index in [0.717, 1.165) is 27.1 Å². The quantitative estimate of drug-likeness (QED) is 0.272. The lowest BCUT2D eigenvalue weighted by Crippen LogP contribution is -2.59. The van der Waals surface area contributed by atoms with Crippen LogP contribution in [0.2, 0.25) is 0 Å². The Hall–Kier alpha value is -4.00. The van der Waals surface area contributed by atoms with Gasteiger partial charge in [-0.1, -0.05) is 31.3 Å². The van der Waals surface area contributed by atoms with Crippen molar-refractivity contribution in [1.29, 1.82) is 0 Å². The average molecular weight is 548 g/mol. The number of carboxylic acids is 1. The van der Waals surface area contributed by atoms with E-state index in [1.54, 1.807) is 18.6 Å². The number of urea groups is 1. The number of thiazole rings is 1. The zero-order valence-electron chi connectivity index (χ0n) is 21.8. The fraction of sp³-hybridized carbons (Fsp3) is 0.333. The van der Waals surface area contributed by atoms with Gasteiger partial charge in [0, 0.05) is 42.8 Å². The highest BCUT2D eigenvalue weighted by Crippen LogP contribution is 2.38. The Morgan fingerprint density at radius 1 is 1.18 bits per heavy atom. The molecule has 4 aromatic rings. The summed E-state index contributed by atoms with van der Waals surface area (Å²) in [6, 6.07) is 8.47. The third-order valence-corrected chi connectivity index (χ3v) is 7.61. The van der Waals surface area contributed by atoms with Gasteiger partial charge >= 0.3 is 12.0 Å². The van der Waals surface area contributed by atoms with Crippen LogP contribution in [0.3, 0.4) is 0 Å². The van der Waals surface area contributed by atoms with Gasteiger partial charge in [0.25, 0.3) is 0 Å². The summed E-state index contributed by atoms with van der Waals surface area (Å²) in [5.74, 6) is -0.483. The molecule has 1 aliphatic heterocycles. The molecule has 11 nitrogen and oxygen atoms in total. The number of carbonyl (C=O) groups is 2. The second-order valence-electron chi connectivity index (χ2n) is 9.67. The van der Waals surface area contributed by atoms with E-state index in [9.17, 15) is 14.7 Å². The van der Waals surface area contributed by atoms with Gasteiger partial charge < -0.3 is 15.2 Å². The Morgan fingerprint density at radius 2 is 1.97 bits per heavy atom. The molecule has 1 fully saturated rings. The fourth-order valence-corrected chi connectivity index (χ4v) is 5.61. The second kappa shape index (κ2) is 11.0. The molecular weight excluding hydrogens is 518 g/mol. The van der Waals surface area contributed by atoms with E-state index in [2.05, 4.69) is 35.9 Å². The number of morpholine rings is 1. The van der Waals surface area contributed by atoms with Gasteiger partial charge in [-0.3, -0.25) is 20.4 Å². The third kappa shape index (κ3) is 5.44. The lowest BCUT2D eigenvalue weighted by molar-refractivity contribution is -0.149. The lowest BCUT2D eigenvalue weighted by atomic mass is 9.80. The molecule has 5 rings (SSSR count). The lowest BCUT2D eigenvalue weighted by Gasteiger charge is -2.39. The molecule has 2 amide bonds. The highest BCUT2D eigenvalue weighted by Gasteiger charge is 2.44. The minimum Gasteiger partial charge on any atom is -0.480 e. The number of amides is 2. The summed E-state index contributed by atoms with van der Waals surface area (Å²) < 4.78 is 6.77. The normalized spacial score (nSPS) is 17.6. The van der Waals surface area contributed by atoms with E-state index in [4.69, 9.17) is 4.74 Å². The Kier molecular flexibility index (Phi) is 7.51. The summed E-state index contributed by atoms with van der Waals surface area (Å²) in [5, 5.41) is 18.7. The second-order valence-corrected chi connectivity index (χ2v) is 10.7. The molecular formula is C27H29N7O4S. The van der Waals surface area contributed by atoms with Crippen LogP contribution in [0.4, 0.5) is 9.93 Å². The Balaban J connectivity index is 1.52. The van der Waals surface area contributed by atoms with E-state index < -0.39 is 23.5 Å². The maximum absolute atomic E-state index is 12.1. The smallest absolute Gasteiger partial charge is 0.323 e. The standard InChI is InChI=1S/C27H29N7O4S/c1-4-28-25(37)34-26-33-19-12-15(11-17(21(19)39-26)18-7-5-6-8-29-18)16-13-31-24(32-14-16)27(2,3)22-20(23(35)36)30-9-10-38-22/h5-8,11-14,20,22,30H,4,9-10H2,1-3H3,(H,35,36)(H2,28,33,34,37)/t20-,22?/m1/s1. The van der Waals surface area contributed by atoms with Crippen molar-refractivity contribution < 1.29 is 19.4 Å². The van der Waals surface area contributed by atoms with E-state index in [1.165, 1.54) is 11.3 Å². The number of carboxylic acid groups (broad SMARTS) is 1. The number of hydrogen-bond donors (Lipinski definition) is 4. The van der Waals surface area contributed by atoms with Crippen molar-refractivity contribution in [2.45, 2.75) is 38.3 Å². The molecule has 0 radical (unpaired) electrons. The molecule has 1 saturated heterocycles. The molecule has 1 unspecified atom stereocenters. The first-order chi connectivity index (χ1) is 18.8. The van der Waals surface area contributed by atoms with E-state index in [-0.39, 0.29) is 6.03 Å². The molecule has 4 N–H and O–H groups in total. The number of rotatable bonds is 7. The van der Waals surface area contributed by atoms with Crippen LogP contribution in [0.15, 0.2) is 48.9 Å². The van der Waals surface area contributed by atoms with Crippen molar-refractivity contribution in [1.82, 2.24) is 30.6 Å². The van der Waals surface area contributed by atoms with Gasteiger partial charge in [0.15, 0.2) is 5.13 Å². The van der Waals surface area contributed by atoms with E-state index >= 15 is 0 Å². The number of aromatic nitrogens is 4. The summed E-state index contributed by atoms with van der Waals surface area (Å²) in [4.78, 5) is 42.3. The predicted octanol–water partition coefficient (Wildman–Crippen LogP) is 3.68. The average Bonchev–Trinajstić information content (AvgIpc) is 3.35. The monoisotopic (exact) mass is 547 g/mol. The number of fused-ring (bicyclic) bond motifs is 1. The molecule has 12 heteroatoms. The number of benzene rings is 1. The van der Waals surface area contributed by atoms with Gasteiger partial charge in [0.2, 0.25) is 0 Å². The summed E-state index contributed by atoms with van der Waals surface area (Å²) in [7, 11) is 0. The summed E-state index contributed by atoms with van der Waals surface area (Å²) in [6.07, 6.45) is 4.54. The van der Waals surface area contributed by atoms with Crippen molar-refractivity contribution in [2.24, 2.45) is 0 Å². The van der Waals surface area contributed by atoms with Gasteiger partial charge in [-0.25, -0.2) is 19.7 Å². The number of ether oxygens (including phenoxy) is 1. The van der Waals surface area contributed by atoms with Crippen molar-refractivity contribution in [2.75, 3.05) is 25.0 Å². The topological polar surface area (TPSA) is 151 Å². The van der Waals surface area contributed by atoms with Gasteiger partial charge in [0.05, 0.1) is 34.0 Å². The third-order valence-electron chi connectivity index (χ3n) is 6.59. The van der Waals surface area contributed by atoms with Gasteiger partial charge in [0.1, 0.15) is 11.9 Å². The number of carbonyl (C=O) groups excluding carboxylic acids is 1. The van der Waals surface area contributed by atoms with Crippen LogP contribution in [-0.2, 0) is 14.9 Å². The maximum atomic E-state index is 12.1. The summed E-state index contributed by atoms with van der Waals surface area (Å²) >= 11 is 1.38. The zero-order valence-corrected chi connectivity index (χ0v) is 22.6. The Labute approximate surface area is 229 Å². The predicted molar refractivity (Wildman–Crippen MR) is 149 cm³/mol. The number of anilines is 1. The minimum absolute atomic E-state index is 0.315. The molecule has 0 aliphatic carbocycles. The number of nitrogens with zero attached hydrogens (tertiary/aromatic N) is 4. The molecule has 1 aliphatic rings. The number of nitrogens with one attached hydrogen (secondary N) is 3. The molecule has 1 aromatic carbocycles. The summed E-state index contributed by atoms with van der Waals surface area (Å²) in [5.41, 5.74) is 3.20. The summed E-state index contributed by atoms with van der Waals surface area (Å²) in [6.45, 7) is 7.02. The van der Waals surface area contributed by atoms with Gasteiger partial charge in [-0.2, -0.15) is 0 Å². The van der Waals surface area contributed by atoms with Gasteiger partial charge in [-0.15, -0.1) is 0 Å². The Bertz CT molecular complexity index is 1490. The Morgan fingerprint density at radius 3 is 2.67 bits per heavy atom. The van der Waals surface area contributed by atoms with Crippen LogP contribution < -0.4 is 16.0 Å². The molecule has 0 spiro atoms. The van der Waals surface area contributed by atoms with E-state index in [0.29, 0.717) is 36.2 Å². The van der Waals surface area contributed by atoms with Crippen LogP contribution in [0.5, 0.6) is 0 Å². The van der Waals surface area contributed by atoms with Crippen molar-refractivity contribution in [3.8, 4) is 22.4 Å². The zero-order chi connectivity index (χ0) is 27.6. The first-order valence-corrected chi connectivity index (χ1v) is 13.4. The first kappa shape index (κ1) is 26.6. The molecule has 0 bridgehead atoms. The van der Waals surface area contributed by atoms with Crippen LogP contribution in [0, 0.1) is 0 Å². The van der Waals surface area contributed by atoms with Crippen LogP contribution in [0.1, 0.15) is 26.6 Å². The minimum atomic E-state index is -0.968. The molecule has 3 aromatic heterocycles. The largest absolute Gasteiger partial charge is 0.480 e. The molecule has 0 saturated carbocycles. The molecule has 4 heterocycles. The highest BCUT2D eigenvalue weighted by molar-refractivity contribution is 7.22. The molecule has 39 heavy (non-hydrogen) atoms. The number of hydrogen-bond acceptors (Lipinski definition) is 9. The van der Waals surface area contributed by atoms with Crippen molar-refractivity contribution >= 4 is 38.7 Å². The fourth-order valence-electron chi connectivity index (χ4n) is 4.65. The van der Waals surface area contributed by atoms with E-state index in [1.807, 2.05) is 51.1 Å². The number of aliphatic carboxylic acids is 1. The van der Waals surface area contributed by atoms with Crippen molar-refractivity contribution in [3.63, 3.8) is 0 Å². The van der Waals surface area contributed by atoms with Crippen LogP contribution >= 0.6 is 11.3 Å².